The molecule has 5 heteroatoms. The van der Waals surface area contributed by atoms with Gasteiger partial charge in [0, 0.05) is 5.88 Å². The molecule has 0 aromatic heterocycles. The van der Waals surface area contributed by atoms with Crippen molar-refractivity contribution in [3.63, 3.8) is 0 Å². The SMILES string of the molecule is O=C(NC1(CCl)CCCC1)c1cc(F)ccc1O. The van der Waals surface area contributed by atoms with Gasteiger partial charge in [0.15, 0.2) is 0 Å². The number of halogens is 2. The number of rotatable bonds is 3. The molecule has 98 valence electrons. The second-order valence-electron chi connectivity index (χ2n) is 4.74. The van der Waals surface area contributed by atoms with Crippen LogP contribution in [0.25, 0.3) is 0 Å². The first-order chi connectivity index (χ1) is 8.56. The molecule has 1 aliphatic carbocycles. The van der Waals surface area contributed by atoms with Gasteiger partial charge in [-0.2, -0.15) is 0 Å². The number of phenols is 1. The Morgan fingerprint density at radius 1 is 1.44 bits per heavy atom. The van der Waals surface area contributed by atoms with Crippen LogP contribution in [0, 0.1) is 5.82 Å². The first-order valence-corrected chi connectivity index (χ1v) is 6.47. The summed E-state index contributed by atoms with van der Waals surface area (Å²) in [6, 6.07) is 3.31. The van der Waals surface area contributed by atoms with E-state index in [0.717, 1.165) is 37.8 Å². The smallest absolute Gasteiger partial charge is 0.255 e. The Kier molecular flexibility index (Phi) is 3.76. The number of alkyl halides is 1. The molecule has 1 aromatic rings. The Labute approximate surface area is 110 Å². The molecule has 0 aliphatic heterocycles. The van der Waals surface area contributed by atoms with E-state index in [-0.39, 0.29) is 11.3 Å². The van der Waals surface area contributed by atoms with E-state index in [0.29, 0.717) is 5.88 Å². The van der Waals surface area contributed by atoms with Crippen molar-refractivity contribution in [2.45, 2.75) is 31.2 Å². The van der Waals surface area contributed by atoms with E-state index in [1.54, 1.807) is 0 Å². The zero-order chi connectivity index (χ0) is 13.2. The monoisotopic (exact) mass is 271 g/mol. The minimum absolute atomic E-state index is 0.0496. The Morgan fingerprint density at radius 3 is 2.72 bits per heavy atom. The third kappa shape index (κ3) is 2.58. The highest BCUT2D eigenvalue weighted by Gasteiger charge is 2.35. The van der Waals surface area contributed by atoms with Gasteiger partial charge in [-0.3, -0.25) is 4.79 Å². The Balaban J connectivity index is 2.18. The van der Waals surface area contributed by atoms with Crippen LogP contribution in [0.4, 0.5) is 4.39 Å². The second-order valence-corrected chi connectivity index (χ2v) is 5.00. The summed E-state index contributed by atoms with van der Waals surface area (Å²) in [7, 11) is 0. The molecule has 0 unspecified atom stereocenters. The molecule has 2 N–H and O–H groups in total. The van der Waals surface area contributed by atoms with Crippen molar-refractivity contribution in [3.8, 4) is 5.75 Å². The van der Waals surface area contributed by atoms with Crippen molar-refractivity contribution in [1.82, 2.24) is 5.32 Å². The lowest BCUT2D eigenvalue weighted by Gasteiger charge is -2.28. The number of benzene rings is 1. The van der Waals surface area contributed by atoms with Crippen LogP contribution in [0.3, 0.4) is 0 Å². The van der Waals surface area contributed by atoms with Crippen LogP contribution in [-0.4, -0.2) is 22.4 Å². The van der Waals surface area contributed by atoms with Gasteiger partial charge in [0.25, 0.3) is 5.91 Å². The maximum atomic E-state index is 13.1. The Morgan fingerprint density at radius 2 is 2.11 bits per heavy atom. The van der Waals surface area contributed by atoms with Crippen molar-refractivity contribution >= 4 is 17.5 Å². The molecule has 0 heterocycles. The van der Waals surface area contributed by atoms with Crippen LogP contribution < -0.4 is 5.32 Å². The number of hydrogen-bond acceptors (Lipinski definition) is 2. The van der Waals surface area contributed by atoms with Gasteiger partial charge < -0.3 is 10.4 Å². The first kappa shape index (κ1) is 13.1. The molecule has 1 aliphatic rings. The molecule has 0 atom stereocenters. The lowest BCUT2D eigenvalue weighted by Crippen LogP contribution is -2.47. The fourth-order valence-corrected chi connectivity index (χ4v) is 2.68. The molecule has 3 nitrogen and oxygen atoms in total. The molecule has 0 radical (unpaired) electrons. The molecule has 18 heavy (non-hydrogen) atoms. The van der Waals surface area contributed by atoms with Crippen molar-refractivity contribution < 1.29 is 14.3 Å². The molecule has 1 saturated carbocycles. The number of hydrogen-bond donors (Lipinski definition) is 2. The fraction of sp³-hybridized carbons (Fsp3) is 0.462. The van der Waals surface area contributed by atoms with Gasteiger partial charge in [-0.25, -0.2) is 4.39 Å². The summed E-state index contributed by atoms with van der Waals surface area (Å²) in [5, 5.41) is 12.4. The van der Waals surface area contributed by atoms with Gasteiger partial charge in [-0.1, -0.05) is 12.8 Å². The number of aromatic hydroxyl groups is 1. The molecule has 1 aromatic carbocycles. The maximum Gasteiger partial charge on any atom is 0.255 e. The highest BCUT2D eigenvalue weighted by Crippen LogP contribution is 2.31. The summed E-state index contributed by atoms with van der Waals surface area (Å²) in [6.45, 7) is 0. The van der Waals surface area contributed by atoms with Crippen LogP contribution in [0.2, 0.25) is 0 Å². The largest absolute Gasteiger partial charge is 0.507 e. The van der Waals surface area contributed by atoms with Gasteiger partial charge in [0.2, 0.25) is 0 Å². The van der Waals surface area contributed by atoms with E-state index in [2.05, 4.69) is 5.32 Å². The van der Waals surface area contributed by atoms with Crippen molar-refractivity contribution in [1.29, 1.82) is 0 Å². The molecule has 0 bridgehead atoms. The van der Waals surface area contributed by atoms with E-state index in [4.69, 9.17) is 11.6 Å². The zero-order valence-corrected chi connectivity index (χ0v) is 10.6. The summed E-state index contributed by atoms with van der Waals surface area (Å²) in [6.07, 6.45) is 3.67. The lowest BCUT2D eigenvalue weighted by atomic mass is 9.99. The normalized spacial score (nSPS) is 17.7. The third-order valence-electron chi connectivity index (χ3n) is 3.40. The van der Waals surface area contributed by atoms with E-state index in [1.165, 1.54) is 6.07 Å². The maximum absolute atomic E-state index is 13.1. The number of carbonyl (C=O) groups is 1. The topological polar surface area (TPSA) is 49.3 Å². The number of carbonyl (C=O) groups excluding carboxylic acids is 1. The molecule has 2 rings (SSSR count). The van der Waals surface area contributed by atoms with E-state index < -0.39 is 17.3 Å². The van der Waals surface area contributed by atoms with Crippen LogP contribution in [-0.2, 0) is 0 Å². The average Bonchev–Trinajstić information content (AvgIpc) is 2.81. The van der Waals surface area contributed by atoms with Gasteiger partial charge in [0.05, 0.1) is 11.1 Å². The minimum Gasteiger partial charge on any atom is -0.507 e. The van der Waals surface area contributed by atoms with Crippen LogP contribution in [0.1, 0.15) is 36.0 Å². The minimum atomic E-state index is -0.552. The quantitative estimate of drug-likeness (QED) is 0.831. The highest BCUT2D eigenvalue weighted by atomic mass is 35.5. The van der Waals surface area contributed by atoms with Crippen molar-refractivity contribution in [2.24, 2.45) is 0 Å². The van der Waals surface area contributed by atoms with Crippen molar-refractivity contribution in [2.75, 3.05) is 5.88 Å². The zero-order valence-electron chi connectivity index (χ0n) is 9.88. The molecular formula is C13H15ClFNO2. The Hall–Kier alpha value is -1.29. The predicted octanol–water partition coefficient (Wildman–Crippen LogP) is 2.81. The summed E-state index contributed by atoms with van der Waals surface area (Å²) in [5.41, 5.74) is -0.469. The third-order valence-corrected chi connectivity index (χ3v) is 3.91. The molecule has 1 amide bonds. The number of amides is 1. The Bertz CT molecular complexity index is 458. The summed E-state index contributed by atoms with van der Waals surface area (Å²) >= 11 is 5.92. The molecule has 0 spiro atoms. The predicted molar refractivity (Wildman–Crippen MR) is 67.5 cm³/mol. The lowest BCUT2D eigenvalue weighted by molar-refractivity contribution is 0.0906. The van der Waals surface area contributed by atoms with E-state index in [1.807, 2.05) is 0 Å². The van der Waals surface area contributed by atoms with Gasteiger partial charge in [0.1, 0.15) is 11.6 Å². The number of phenolic OH excluding ortho intramolecular Hbond substituents is 1. The fourth-order valence-electron chi connectivity index (χ4n) is 2.34. The van der Waals surface area contributed by atoms with E-state index >= 15 is 0 Å². The highest BCUT2D eigenvalue weighted by molar-refractivity contribution is 6.19. The molecule has 0 saturated heterocycles. The van der Waals surface area contributed by atoms with Crippen LogP contribution in [0.5, 0.6) is 5.75 Å². The van der Waals surface area contributed by atoms with E-state index in [9.17, 15) is 14.3 Å². The average molecular weight is 272 g/mol. The summed E-state index contributed by atoms with van der Waals surface area (Å²) in [5.74, 6) is -0.926. The standard InChI is InChI=1S/C13H15ClFNO2/c14-8-13(5-1-2-6-13)16-12(18)10-7-9(15)3-4-11(10)17/h3-4,7,17H,1-2,5-6,8H2,(H,16,18). The summed E-state index contributed by atoms with van der Waals surface area (Å²) < 4.78 is 13.1. The van der Waals surface area contributed by atoms with Crippen LogP contribution >= 0.6 is 11.6 Å². The van der Waals surface area contributed by atoms with Gasteiger partial charge in [-0.05, 0) is 31.0 Å². The van der Waals surface area contributed by atoms with Crippen LogP contribution in [0.15, 0.2) is 18.2 Å². The molecule has 1 fully saturated rings. The summed E-state index contributed by atoms with van der Waals surface area (Å²) in [4.78, 5) is 12.0. The van der Waals surface area contributed by atoms with Gasteiger partial charge in [-0.15, -0.1) is 11.6 Å². The molecular weight excluding hydrogens is 257 g/mol. The van der Waals surface area contributed by atoms with Gasteiger partial charge >= 0.3 is 0 Å². The second kappa shape index (κ2) is 5.14. The number of nitrogens with one attached hydrogen (secondary N) is 1. The first-order valence-electron chi connectivity index (χ1n) is 5.93. The van der Waals surface area contributed by atoms with Crippen molar-refractivity contribution in [3.05, 3.63) is 29.6 Å².